The maximum atomic E-state index is 11.4. The third-order valence-electron chi connectivity index (χ3n) is 2.41. The molecule has 0 heterocycles. The lowest BCUT2D eigenvalue weighted by atomic mass is 10.1. The number of amides is 2. The molecule has 4 nitrogen and oxygen atoms in total. The van der Waals surface area contributed by atoms with Gasteiger partial charge in [-0.05, 0) is 31.5 Å². The zero-order chi connectivity index (χ0) is 13.4. The SMILES string of the molecule is CCNC(=O)NC(C)c1cccc(C#CCN)c1. The van der Waals surface area contributed by atoms with Gasteiger partial charge in [-0.1, -0.05) is 24.0 Å². The summed E-state index contributed by atoms with van der Waals surface area (Å²) in [5.74, 6) is 5.78. The Kier molecular flexibility index (Phi) is 5.75. The quantitative estimate of drug-likeness (QED) is 0.704. The first-order valence-electron chi connectivity index (χ1n) is 6.00. The van der Waals surface area contributed by atoms with Crippen LogP contribution < -0.4 is 16.4 Å². The van der Waals surface area contributed by atoms with Crippen molar-refractivity contribution in [2.45, 2.75) is 19.9 Å². The summed E-state index contributed by atoms with van der Waals surface area (Å²) in [6.07, 6.45) is 0. The molecule has 0 bridgehead atoms. The number of hydrogen-bond donors (Lipinski definition) is 3. The number of benzene rings is 1. The van der Waals surface area contributed by atoms with Crippen LogP contribution in [0.5, 0.6) is 0 Å². The fraction of sp³-hybridized carbons (Fsp3) is 0.357. The molecular formula is C14H19N3O. The van der Waals surface area contributed by atoms with Crippen LogP contribution in [0.1, 0.15) is 31.0 Å². The molecule has 1 unspecified atom stereocenters. The van der Waals surface area contributed by atoms with E-state index in [9.17, 15) is 4.79 Å². The molecule has 0 aliphatic heterocycles. The summed E-state index contributed by atoms with van der Waals surface area (Å²) >= 11 is 0. The Labute approximate surface area is 108 Å². The van der Waals surface area contributed by atoms with Crippen molar-refractivity contribution in [2.24, 2.45) is 5.73 Å². The number of nitrogens with two attached hydrogens (primary N) is 1. The van der Waals surface area contributed by atoms with Crippen LogP contribution in [-0.4, -0.2) is 19.1 Å². The van der Waals surface area contributed by atoms with Gasteiger partial charge in [0.05, 0.1) is 12.6 Å². The van der Waals surface area contributed by atoms with Crippen molar-refractivity contribution in [3.63, 3.8) is 0 Å². The normalized spacial score (nSPS) is 11.1. The van der Waals surface area contributed by atoms with E-state index in [1.807, 2.05) is 38.1 Å². The van der Waals surface area contributed by atoms with Crippen molar-refractivity contribution in [3.8, 4) is 11.8 Å². The summed E-state index contributed by atoms with van der Waals surface area (Å²) in [7, 11) is 0. The van der Waals surface area contributed by atoms with Gasteiger partial charge in [-0.15, -0.1) is 0 Å². The van der Waals surface area contributed by atoms with Crippen molar-refractivity contribution in [3.05, 3.63) is 35.4 Å². The molecule has 0 radical (unpaired) electrons. The predicted octanol–water partition coefficient (Wildman–Crippen LogP) is 1.38. The fourth-order valence-corrected chi connectivity index (χ4v) is 1.53. The Bertz CT molecular complexity index is 460. The second-order valence-corrected chi connectivity index (χ2v) is 3.86. The van der Waals surface area contributed by atoms with Crippen LogP contribution in [0.2, 0.25) is 0 Å². The first-order chi connectivity index (χ1) is 8.67. The van der Waals surface area contributed by atoms with Crippen LogP contribution >= 0.6 is 0 Å². The molecule has 18 heavy (non-hydrogen) atoms. The van der Waals surface area contributed by atoms with Crippen molar-refractivity contribution >= 4 is 6.03 Å². The number of urea groups is 1. The maximum absolute atomic E-state index is 11.4. The van der Waals surface area contributed by atoms with E-state index >= 15 is 0 Å². The van der Waals surface area contributed by atoms with E-state index < -0.39 is 0 Å². The van der Waals surface area contributed by atoms with Gasteiger partial charge in [0, 0.05) is 12.1 Å². The van der Waals surface area contributed by atoms with E-state index in [0.29, 0.717) is 13.1 Å². The van der Waals surface area contributed by atoms with Gasteiger partial charge in [0.2, 0.25) is 0 Å². The number of hydrogen-bond acceptors (Lipinski definition) is 2. The molecule has 0 aromatic heterocycles. The van der Waals surface area contributed by atoms with Gasteiger partial charge < -0.3 is 16.4 Å². The van der Waals surface area contributed by atoms with Gasteiger partial charge in [0.25, 0.3) is 0 Å². The number of carbonyl (C=O) groups excluding carboxylic acids is 1. The molecule has 1 rings (SSSR count). The minimum Gasteiger partial charge on any atom is -0.338 e. The third-order valence-corrected chi connectivity index (χ3v) is 2.41. The summed E-state index contributed by atoms with van der Waals surface area (Å²) < 4.78 is 0. The van der Waals surface area contributed by atoms with Gasteiger partial charge in [-0.3, -0.25) is 0 Å². The molecule has 0 aliphatic carbocycles. The molecule has 0 saturated heterocycles. The molecule has 0 saturated carbocycles. The van der Waals surface area contributed by atoms with Crippen LogP contribution in [0.4, 0.5) is 4.79 Å². The molecule has 0 spiro atoms. The highest BCUT2D eigenvalue weighted by Crippen LogP contribution is 2.13. The van der Waals surface area contributed by atoms with Crippen LogP contribution in [0, 0.1) is 11.8 Å². The van der Waals surface area contributed by atoms with Gasteiger partial charge in [-0.25, -0.2) is 4.79 Å². The van der Waals surface area contributed by atoms with E-state index in [1.54, 1.807) is 0 Å². The first kappa shape index (κ1) is 14.1. The van der Waals surface area contributed by atoms with Crippen molar-refractivity contribution in [1.29, 1.82) is 0 Å². The fourth-order valence-electron chi connectivity index (χ4n) is 1.53. The molecule has 1 aromatic rings. The standard InChI is InChI=1S/C14H19N3O/c1-3-16-14(18)17-11(2)13-8-4-6-12(10-13)7-5-9-15/h4,6,8,10-11H,3,9,15H2,1-2H3,(H2,16,17,18). The summed E-state index contributed by atoms with van der Waals surface area (Å²) in [4.78, 5) is 11.4. The second kappa shape index (κ2) is 7.36. The molecule has 0 fully saturated rings. The first-order valence-corrected chi connectivity index (χ1v) is 6.00. The van der Waals surface area contributed by atoms with Gasteiger partial charge in [0.1, 0.15) is 0 Å². The summed E-state index contributed by atoms with van der Waals surface area (Å²) in [5, 5.41) is 5.56. The number of nitrogens with one attached hydrogen (secondary N) is 2. The largest absolute Gasteiger partial charge is 0.338 e. The van der Waals surface area contributed by atoms with Crippen LogP contribution in [-0.2, 0) is 0 Å². The molecular weight excluding hydrogens is 226 g/mol. The minimum atomic E-state index is -0.163. The van der Waals surface area contributed by atoms with Crippen molar-refractivity contribution in [1.82, 2.24) is 10.6 Å². The van der Waals surface area contributed by atoms with Crippen molar-refractivity contribution in [2.75, 3.05) is 13.1 Å². The molecule has 1 aromatic carbocycles. The summed E-state index contributed by atoms with van der Waals surface area (Å²) in [6.45, 7) is 4.77. The Morgan fingerprint density at radius 3 is 2.94 bits per heavy atom. The average molecular weight is 245 g/mol. The summed E-state index contributed by atoms with van der Waals surface area (Å²) in [5.41, 5.74) is 7.26. The van der Waals surface area contributed by atoms with Gasteiger partial charge in [0.15, 0.2) is 0 Å². The lowest BCUT2D eigenvalue weighted by molar-refractivity contribution is 0.238. The molecule has 4 heteroatoms. The highest BCUT2D eigenvalue weighted by atomic mass is 16.2. The second-order valence-electron chi connectivity index (χ2n) is 3.86. The Morgan fingerprint density at radius 2 is 2.28 bits per heavy atom. The van der Waals surface area contributed by atoms with E-state index in [0.717, 1.165) is 11.1 Å². The zero-order valence-corrected chi connectivity index (χ0v) is 10.8. The van der Waals surface area contributed by atoms with E-state index in [2.05, 4.69) is 22.5 Å². The Morgan fingerprint density at radius 1 is 1.50 bits per heavy atom. The summed E-state index contributed by atoms with van der Waals surface area (Å²) in [6, 6.07) is 7.54. The molecule has 96 valence electrons. The zero-order valence-electron chi connectivity index (χ0n) is 10.8. The monoisotopic (exact) mass is 245 g/mol. The molecule has 1 atom stereocenters. The lowest BCUT2D eigenvalue weighted by Crippen LogP contribution is -2.36. The molecule has 0 aliphatic rings. The molecule has 2 amide bonds. The van der Waals surface area contributed by atoms with Gasteiger partial charge in [-0.2, -0.15) is 0 Å². The van der Waals surface area contributed by atoms with Crippen LogP contribution in [0.3, 0.4) is 0 Å². The highest BCUT2D eigenvalue weighted by molar-refractivity contribution is 5.74. The van der Waals surface area contributed by atoms with E-state index in [1.165, 1.54) is 0 Å². The lowest BCUT2D eigenvalue weighted by Gasteiger charge is -2.14. The highest BCUT2D eigenvalue weighted by Gasteiger charge is 2.08. The minimum absolute atomic E-state index is 0.0591. The average Bonchev–Trinajstić information content (AvgIpc) is 2.37. The topological polar surface area (TPSA) is 67.2 Å². The van der Waals surface area contributed by atoms with Gasteiger partial charge >= 0.3 is 6.03 Å². The third kappa shape index (κ3) is 4.48. The van der Waals surface area contributed by atoms with E-state index in [-0.39, 0.29) is 12.1 Å². The molecule has 4 N–H and O–H groups in total. The van der Waals surface area contributed by atoms with Crippen molar-refractivity contribution < 1.29 is 4.79 Å². The number of rotatable bonds is 3. The number of carbonyl (C=O) groups is 1. The maximum Gasteiger partial charge on any atom is 0.315 e. The van der Waals surface area contributed by atoms with Crippen LogP contribution in [0.25, 0.3) is 0 Å². The van der Waals surface area contributed by atoms with Crippen LogP contribution in [0.15, 0.2) is 24.3 Å². The Balaban J connectivity index is 2.73. The Hall–Kier alpha value is -1.99. The van der Waals surface area contributed by atoms with E-state index in [4.69, 9.17) is 5.73 Å². The smallest absolute Gasteiger partial charge is 0.315 e. The predicted molar refractivity (Wildman–Crippen MR) is 73.0 cm³/mol.